The van der Waals surface area contributed by atoms with Gasteiger partial charge in [-0.15, -0.1) is 0 Å². The van der Waals surface area contributed by atoms with Gasteiger partial charge in [-0.3, -0.25) is 9.59 Å². The lowest BCUT2D eigenvalue weighted by molar-refractivity contribution is -0.128. The first-order valence-corrected chi connectivity index (χ1v) is 10.1. The summed E-state index contributed by atoms with van der Waals surface area (Å²) < 4.78 is 27.6. The highest BCUT2D eigenvalue weighted by Crippen LogP contribution is 2.13. The third-order valence-electron chi connectivity index (χ3n) is 3.79. The van der Waals surface area contributed by atoms with Gasteiger partial charge in [0, 0.05) is 27.1 Å². The smallest absolute Gasteiger partial charge is 0.241 e. The van der Waals surface area contributed by atoms with E-state index in [1.54, 1.807) is 26.2 Å². The zero-order valence-corrected chi connectivity index (χ0v) is 16.9. The predicted molar refractivity (Wildman–Crippen MR) is 101 cm³/mol. The summed E-state index contributed by atoms with van der Waals surface area (Å²) in [7, 11) is -0.527. The van der Waals surface area contributed by atoms with E-state index in [0.29, 0.717) is 6.42 Å². The molecule has 2 amide bonds. The summed E-state index contributed by atoms with van der Waals surface area (Å²) in [6, 6.07) is 5.55. The van der Waals surface area contributed by atoms with Crippen LogP contribution in [0.5, 0.6) is 0 Å². The molecule has 0 heterocycles. The number of carbonyl (C=O) groups is 2. The highest BCUT2D eigenvalue weighted by molar-refractivity contribution is 7.89. The average molecular weight is 384 g/mol. The Labute approximate surface area is 156 Å². The Balaban J connectivity index is 2.80. The molecule has 0 spiro atoms. The van der Waals surface area contributed by atoms with E-state index in [4.69, 9.17) is 0 Å². The SMILES string of the molecule is Cc1ccc(S(=O)(=O)NC(CC(C)C)C(=O)NCCC(=O)N(C)C)cc1. The third kappa shape index (κ3) is 7.13. The Kier molecular flexibility index (Phi) is 8.23. The van der Waals surface area contributed by atoms with Gasteiger partial charge in [0.2, 0.25) is 21.8 Å². The molecule has 0 bridgehead atoms. The van der Waals surface area contributed by atoms with Gasteiger partial charge in [0.25, 0.3) is 0 Å². The van der Waals surface area contributed by atoms with E-state index < -0.39 is 22.0 Å². The second kappa shape index (κ2) is 9.68. The molecule has 1 unspecified atom stereocenters. The molecule has 0 fully saturated rings. The van der Waals surface area contributed by atoms with Crippen molar-refractivity contribution in [2.24, 2.45) is 5.92 Å². The monoisotopic (exact) mass is 383 g/mol. The number of rotatable bonds is 9. The Hall–Kier alpha value is -1.93. The lowest BCUT2D eigenvalue weighted by atomic mass is 10.0. The van der Waals surface area contributed by atoms with Crippen LogP contribution in [-0.2, 0) is 19.6 Å². The van der Waals surface area contributed by atoms with Gasteiger partial charge in [-0.05, 0) is 31.4 Å². The number of hydrogen-bond acceptors (Lipinski definition) is 4. The minimum absolute atomic E-state index is 0.106. The molecule has 0 saturated heterocycles. The maximum atomic E-state index is 12.6. The topological polar surface area (TPSA) is 95.6 Å². The van der Waals surface area contributed by atoms with Gasteiger partial charge >= 0.3 is 0 Å². The van der Waals surface area contributed by atoms with Crippen LogP contribution in [0.4, 0.5) is 0 Å². The Morgan fingerprint density at radius 3 is 2.19 bits per heavy atom. The fraction of sp³-hybridized carbons (Fsp3) is 0.556. The molecule has 0 aliphatic carbocycles. The van der Waals surface area contributed by atoms with Crippen molar-refractivity contribution in [2.75, 3.05) is 20.6 Å². The van der Waals surface area contributed by atoms with Crippen LogP contribution in [0.2, 0.25) is 0 Å². The average Bonchev–Trinajstić information content (AvgIpc) is 2.53. The fourth-order valence-corrected chi connectivity index (χ4v) is 3.50. The largest absolute Gasteiger partial charge is 0.354 e. The number of nitrogens with zero attached hydrogens (tertiary/aromatic N) is 1. The molecule has 0 aliphatic rings. The minimum atomic E-state index is -3.81. The second-order valence-corrected chi connectivity index (χ2v) is 8.66. The number of sulfonamides is 1. The van der Waals surface area contributed by atoms with Crippen LogP contribution in [-0.4, -0.2) is 51.8 Å². The lowest BCUT2D eigenvalue weighted by Gasteiger charge is -2.20. The normalized spacial score (nSPS) is 12.7. The van der Waals surface area contributed by atoms with E-state index in [1.165, 1.54) is 17.0 Å². The van der Waals surface area contributed by atoms with Crippen molar-refractivity contribution in [1.82, 2.24) is 14.9 Å². The van der Waals surface area contributed by atoms with E-state index in [1.807, 2.05) is 20.8 Å². The number of nitrogens with one attached hydrogen (secondary N) is 2. The summed E-state index contributed by atoms with van der Waals surface area (Å²) in [4.78, 5) is 25.6. The van der Waals surface area contributed by atoms with Crippen molar-refractivity contribution in [2.45, 2.75) is 44.6 Å². The minimum Gasteiger partial charge on any atom is -0.354 e. The third-order valence-corrected chi connectivity index (χ3v) is 5.28. The van der Waals surface area contributed by atoms with Gasteiger partial charge in [-0.1, -0.05) is 31.5 Å². The Morgan fingerprint density at radius 1 is 1.12 bits per heavy atom. The maximum Gasteiger partial charge on any atom is 0.241 e. The predicted octanol–water partition coefficient (Wildman–Crippen LogP) is 1.28. The van der Waals surface area contributed by atoms with E-state index in [0.717, 1.165) is 5.56 Å². The fourth-order valence-electron chi connectivity index (χ4n) is 2.29. The summed E-state index contributed by atoms with van der Waals surface area (Å²) in [5.41, 5.74) is 0.950. The molecule has 0 saturated carbocycles. The summed E-state index contributed by atoms with van der Waals surface area (Å²) in [6.07, 6.45) is 0.524. The Bertz CT molecular complexity index is 712. The number of carbonyl (C=O) groups excluding carboxylic acids is 2. The Morgan fingerprint density at radius 2 is 1.69 bits per heavy atom. The van der Waals surface area contributed by atoms with Crippen molar-refractivity contribution in [3.63, 3.8) is 0 Å². The van der Waals surface area contributed by atoms with Gasteiger partial charge < -0.3 is 10.2 Å². The maximum absolute atomic E-state index is 12.6. The highest BCUT2D eigenvalue weighted by atomic mass is 32.2. The molecule has 1 aromatic rings. The molecule has 0 aromatic heterocycles. The first kappa shape index (κ1) is 22.1. The quantitative estimate of drug-likeness (QED) is 0.671. The van der Waals surface area contributed by atoms with Crippen LogP contribution >= 0.6 is 0 Å². The van der Waals surface area contributed by atoms with E-state index >= 15 is 0 Å². The van der Waals surface area contributed by atoms with Crippen LogP contribution in [0.15, 0.2) is 29.2 Å². The van der Waals surface area contributed by atoms with Gasteiger partial charge in [0.1, 0.15) is 6.04 Å². The molecular weight excluding hydrogens is 354 g/mol. The number of aryl methyl sites for hydroxylation is 1. The van der Waals surface area contributed by atoms with Gasteiger partial charge in [-0.25, -0.2) is 8.42 Å². The van der Waals surface area contributed by atoms with Crippen molar-refractivity contribution in [3.8, 4) is 0 Å². The molecular formula is C18H29N3O4S. The lowest BCUT2D eigenvalue weighted by Crippen LogP contribution is -2.47. The number of hydrogen-bond donors (Lipinski definition) is 2. The van der Waals surface area contributed by atoms with Crippen molar-refractivity contribution >= 4 is 21.8 Å². The van der Waals surface area contributed by atoms with E-state index in [2.05, 4.69) is 10.0 Å². The zero-order valence-electron chi connectivity index (χ0n) is 16.1. The molecule has 26 heavy (non-hydrogen) atoms. The number of benzene rings is 1. The molecule has 7 nitrogen and oxygen atoms in total. The first-order valence-electron chi connectivity index (χ1n) is 8.59. The molecule has 1 aromatic carbocycles. The number of amides is 2. The molecule has 1 atom stereocenters. The van der Waals surface area contributed by atoms with E-state index in [9.17, 15) is 18.0 Å². The van der Waals surface area contributed by atoms with Gasteiger partial charge in [-0.2, -0.15) is 4.72 Å². The van der Waals surface area contributed by atoms with Crippen molar-refractivity contribution in [3.05, 3.63) is 29.8 Å². The zero-order chi connectivity index (χ0) is 19.9. The standard InChI is InChI=1S/C18H29N3O4S/c1-13(2)12-16(18(23)19-11-10-17(22)21(4)5)20-26(24,25)15-8-6-14(3)7-9-15/h6-9,13,16,20H,10-12H2,1-5H3,(H,19,23). The molecule has 146 valence electrons. The summed E-state index contributed by atoms with van der Waals surface area (Å²) in [5, 5.41) is 2.64. The molecule has 0 radical (unpaired) electrons. The molecule has 8 heteroatoms. The van der Waals surface area contributed by atoms with Crippen LogP contribution < -0.4 is 10.0 Å². The summed E-state index contributed by atoms with van der Waals surface area (Å²) in [5.74, 6) is -0.415. The van der Waals surface area contributed by atoms with Crippen LogP contribution in [0, 0.1) is 12.8 Å². The van der Waals surface area contributed by atoms with Crippen LogP contribution in [0.1, 0.15) is 32.3 Å². The molecule has 2 N–H and O–H groups in total. The van der Waals surface area contributed by atoms with Crippen LogP contribution in [0.25, 0.3) is 0 Å². The first-order chi connectivity index (χ1) is 12.0. The van der Waals surface area contributed by atoms with Gasteiger partial charge in [0.15, 0.2) is 0 Å². The molecule has 0 aliphatic heterocycles. The van der Waals surface area contributed by atoms with Crippen molar-refractivity contribution in [1.29, 1.82) is 0 Å². The second-order valence-electron chi connectivity index (χ2n) is 6.95. The highest BCUT2D eigenvalue weighted by Gasteiger charge is 2.26. The summed E-state index contributed by atoms with van der Waals surface area (Å²) >= 11 is 0. The molecule has 1 rings (SSSR count). The van der Waals surface area contributed by atoms with Crippen molar-refractivity contribution < 1.29 is 18.0 Å². The van der Waals surface area contributed by atoms with E-state index in [-0.39, 0.29) is 29.7 Å². The van der Waals surface area contributed by atoms with Gasteiger partial charge in [0.05, 0.1) is 4.90 Å². The summed E-state index contributed by atoms with van der Waals surface area (Å²) in [6.45, 7) is 5.86. The van der Waals surface area contributed by atoms with Crippen LogP contribution in [0.3, 0.4) is 0 Å².